The summed E-state index contributed by atoms with van der Waals surface area (Å²) in [7, 11) is 5.05. The number of benzene rings is 1. The van der Waals surface area contributed by atoms with Gasteiger partial charge in [-0.25, -0.2) is 0 Å². The Morgan fingerprint density at radius 1 is 1.05 bits per heavy atom. The van der Waals surface area contributed by atoms with E-state index in [9.17, 15) is 10.2 Å². The highest BCUT2D eigenvalue weighted by Gasteiger charge is 2.44. The maximum absolute atomic E-state index is 10.2. The molecule has 1 saturated heterocycles. The average molecular weight is 267 g/mol. The molecule has 2 N–H and O–H groups in total. The van der Waals surface area contributed by atoms with E-state index in [2.05, 4.69) is 0 Å². The van der Waals surface area contributed by atoms with Gasteiger partial charge in [-0.15, -0.1) is 0 Å². The fourth-order valence-electron chi connectivity index (χ4n) is 2.68. The van der Waals surface area contributed by atoms with Crippen molar-refractivity contribution in [3.8, 4) is 11.5 Å². The molecule has 19 heavy (non-hydrogen) atoms. The maximum atomic E-state index is 10.2. The number of aliphatic hydroxyl groups is 2. The normalized spacial score (nSPS) is 31.5. The van der Waals surface area contributed by atoms with E-state index in [1.165, 1.54) is 0 Å². The topological polar surface area (TPSA) is 62.2 Å². The molecule has 1 aromatic carbocycles. The van der Waals surface area contributed by atoms with Crippen molar-refractivity contribution < 1.29 is 19.7 Å². The van der Waals surface area contributed by atoms with Crippen LogP contribution in [0.3, 0.4) is 0 Å². The minimum absolute atomic E-state index is 0.0897. The van der Waals surface area contributed by atoms with E-state index in [-0.39, 0.29) is 12.1 Å². The molecule has 1 heterocycles. The first-order chi connectivity index (χ1) is 9.01. The van der Waals surface area contributed by atoms with Gasteiger partial charge < -0.3 is 19.7 Å². The van der Waals surface area contributed by atoms with Gasteiger partial charge >= 0.3 is 0 Å². The van der Waals surface area contributed by atoms with Gasteiger partial charge in [0, 0.05) is 6.04 Å². The second-order valence-electron chi connectivity index (χ2n) is 4.95. The Hall–Kier alpha value is -1.30. The Morgan fingerprint density at radius 2 is 1.68 bits per heavy atom. The van der Waals surface area contributed by atoms with Crippen molar-refractivity contribution >= 4 is 0 Å². The Kier molecular flexibility index (Phi) is 3.99. The minimum atomic E-state index is -0.807. The summed E-state index contributed by atoms with van der Waals surface area (Å²) in [4.78, 5) is 1.97. The molecule has 0 aliphatic carbocycles. The third-order valence-corrected chi connectivity index (χ3v) is 4.00. The molecular weight excluding hydrogens is 246 g/mol. The summed E-state index contributed by atoms with van der Waals surface area (Å²) >= 11 is 0. The Balaban J connectivity index is 2.37. The largest absolute Gasteiger partial charge is 0.493 e. The Labute approximate surface area is 113 Å². The fourth-order valence-corrected chi connectivity index (χ4v) is 2.68. The third-order valence-electron chi connectivity index (χ3n) is 4.00. The number of rotatable bonds is 3. The van der Waals surface area contributed by atoms with Crippen LogP contribution in [-0.2, 0) is 0 Å². The number of likely N-dealkylation sites (tertiary alicyclic amines) is 1. The summed E-state index contributed by atoms with van der Waals surface area (Å²) in [6.45, 7) is 1.90. The second kappa shape index (κ2) is 5.36. The Bertz CT molecular complexity index is 437. The van der Waals surface area contributed by atoms with E-state index in [1.54, 1.807) is 14.2 Å². The van der Waals surface area contributed by atoms with Crippen LogP contribution >= 0.6 is 0 Å². The van der Waals surface area contributed by atoms with Crippen LogP contribution in [0.25, 0.3) is 0 Å². The zero-order valence-corrected chi connectivity index (χ0v) is 11.7. The molecule has 106 valence electrons. The number of aliphatic hydroxyl groups excluding tert-OH is 2. The van der Waals surface area contributed by atoms with E-state index in [0.717, 1.165) is 5.56 Å². The van der Waals surface area contributed by atoms with Crippen LogP contribution in [0.15, 0.2) is 18.2 Å². The minimum Gasteiger partial charge on any atom is -0.493 e. The average Bonchev–Trinajstić information content (AvgIpc) is 2.62. The van der Waals surface area contributed by atoms with E-state index in [1.807, 2.05) is 37.1 Å². The lowest BCUT2D eigenvalue weighted by Crippen LogP contribution is -2.30. The monoisotopic (exact) mass is 267 g/mol. The molecule has 4 atom stereocenters. The molecule has 0 radical (unpaired) electrons. The molecule has 0 saturated carbocycles. The molecule has 0 spiro atoms. The molecule has 0 unspecified atom stereocenters. The first-order valence-corrected chi connectivity index (χ1v) is 6.31. The van der Waals surface area contributed by atoms with Crippen LogP contribution in [0.2, 0.25) is 0 Å². The van der Waals surface area contributed by atoms with Crippen molar-refractivity contribution in [3.63, 3.8) is 0 Å². The lowest BCUT2D eigenvalue weighted by molar-refractivity contribution is 0.0300. The molecule has 5 nitrogen and oxygen atoms in total. The van der Waals surface area contributed by atoms with Gasteiger partial charge in [-0.05, 0) is 31.7 Å². The highest BCUT2D eigenvalue weighted by atomic mass is 16.5. The molecule has 1 fully saturated rings. The van der Waals surface area contributed by atoms with Gasteiger partial charge in [0.15, 0.2) is 11.5 Å². The van der Waals surface area contributed by atoms with Crippen molar-refractivity contribution in [3.05, 3.63) is 23.8 Å². The fraction of sp³-hybridized carbons (Fsp3) is 0.571. The van der Waals surface area contributed by atoms with Gasteiger partial charge in [-0.3, -0.25) is 4.90 Å². The lowest BCUT2D eigenvalue weighted by Gasteiger charge is -2.25. The van der Waals surface area contributed by atoms with Gasteiger partial charge in [0.25, 0.3) is 0 Å². The molecule has 1 aromatic rings. The molecule has 1 aliphatic rings. The molecule has 0 aromatic heterocycles. The van der Waals surface area contributed by atoms with Crippen molar-refractivity contribution in [1.82, 2.24) is 4.90 Å². The van der Waals surface area contributed by atoms with Crippen molar-refractivity contribution in [2.24, 2.45) is 0 Å². The number of nitrogens with zero attached hydrogens (tertiary/aromatic N) is 1. The van der Waals surface area contributed by atoms with Crippen LogP contribution in [-0.4, -0.2) is 54.6 Å². The molecule has 1 aliphatic heterocycles. The maximum Gasteiger partial charge on any atom is 0.161 e. The smallest absolute Gasteiger partial charge is 0.161 e. The van der Waals surface area contributed by atoms with Crippen LogP contribution in [0, 0.1) is 0 Å². The zero-order valence-electron chi connectivity index (χ0n) is 11.7. The second-order valence-corrected chi connectivity index (χ2v) is 4.95. The highest BCUT2D eigenvalue weighted by Crippen LogP contribution is 2.38. The van der Waals surface area contributed by atoms with E-state index >= 15 is 0 Å². The highest BCUT2D eigenvalue weighted by molar-refractivity contribution is 5.44. The first-order valence-electron chi connectivity index (χ1n) is 6.31. The molecule has 5 heteroatoms. The van der Waals surface area contributed by atoms with Crippen LogP contribution in [0.5, 0.6) is 11.5 Å². The summed E-state index contributed by atoms with van der Waals surface area (Å²) in [5.41, 5.74) is 0.899. The van der Waals surface area contributed by atoms with Gasteiger partial charge in [0.05, 0.1) is 26.4 Å². The lowest BCUT2D eigenvalue weighted by atomic mass is 10.0. The van der Waals surface area contributed by atoms with Crippen molar-refractivity contribution in [1.29, 1.82) is 0 Å². The van der Waals surface area contributed by atoms with Gasteiger partial charge in [-0.1, -0.05) is 6.07 Å². The summed E-state index contributed by atoms with van der Waals surface area (Å²) < 4.78 is 10.5. The van der Waals surface area contributed by atoms with Crippen molar-refractivity contribution in [2.45, 2.75) is 31.2 Å². The predicted octanol–water partition coefficient (Wildman–Crippen LogP) is 0.801. The van der Waals surface area contributed by atoms with Crippen molar-refractivity contribution in [2.75, 3.05) is 21.3 Å². The van der Waals surface area contributed by atoms with Crippen LogP contribution < -0.4 is 9.47 Å². The summed E-state index contributed by atoms with van der Waals surface area (Å²) in [5.74, 6) is 1.27. The zero-order chi connectivity index (χ0) is 14.2. The predicted molar refractivity (Wildman–Crippen MR) is 71.5 cm³/mol. The summed E-state index contributed by atoms with van der Waals surface area (Å²) in [5, 5.41) is 20.1. The molecule has 2 rings (SSSR count). The van der Waals surface area contributed by atoms with E-state index in [4.69, 9.17) is 9.47 Å². The number of hydrogen-bond acceptors (Lipinski definition) is 5. The number of methoxy groups -OCH3 is 2. The van der Waals surface area contributed by atoms with E-state index < -0.39 is 12.2 Å². The number of hydrogen-bond donors (Lipinski definition) is 2. The SMILES string of the molecule is COc1ccc([C@@H]2[C@H](O)[C@H](O)[C@@H](C)N2C)cc1OC. The number of ether oxygens (including phenoxy) is 2. The number of likely N-dealkylation sites (N-methyl/N-ethyl adjacent to an activating group) is 1. The molecule has 0 amide bonds. The van der Waals surface area contributed by atoms with Crippen LogP contribution in [0.1, 0.15) is 18.5 Å². The quantitative estimate of drug-likeness (QED) is 0.848. The van der Waals surface area contributed by atoms with Crippen LogP contribution in [0.4, 0.5) is 0 Å². The molecular formula is C14H21NO4. The van der Waals surface area contributed by atoms with Gasteiger partial charge in [-0.2, -0.15) is 0 Å². The van der Waals surface area contributed by atoms with E-state index in [0.29, 0.717) is 11.5 Å². The Morgan fingerprint density at radius 3 is 2.16 bits per heavy atom. The standard InChI is InChI=1S/C14H21NO4/c1-8-13(16)14(17)12(15(8)2)9-5-6-10(18-3)11(7-9)19-4/h5-8,12-14,16-17H,1-4H3/t8-,12-,13-,14+/m1/s1. The van der Waals surface area contributed by atoms with Gasteiger partial charge in [0.1, 0.15) is 6.10 Å². The third kappa shape index (κ3) is 2.29. The summed E-state index contributed by atoms with van der Waals surface area (Å²) in [6, 6.07) is 5.20. The summed E-state index contributed by atoms with van der Waals surface area (Å²) in [6.07, 6.45) is -1.55. The molecule has 0 bridgehead atoms. The van der Waals surface area contributed by atoms with Gasteiger partial charge in [0.2, 0.25) is 0 Å². The first kappa shape index (κ1) is 14.1.